The summed E-state index contributed by atoms with van der Waals surface area (Å²) in [4.78, 5) is 14.8. The molecule has 6 nitrogen and oxygen atoms in total. The van der Waals surface area contributed by atoms with Crippen LogP contribution in [-0.4, -0.2) is 34.8 Å². The number of carbonyl (C=O) groups is 1. The molecular weight excluding hydrogens is 224 g/mol. The molecule has 0 saturated heterocycles. The van der Waals surface area contributed by atoms with Gasteiger partial charge >= 0.3 is 5.97 Å². The molecule has 0 aliphatic rings. The van der Waals surface area contributed by atoms with E-state index in [4.69, 9.17) is 5.11 Å². The van der Waals surface area contributed by atoms with E-state index in [9.17, 15) is 9.90 Å². The zero-order valence-electron chi connectivity index (χ0n) is 9.86. The molecule has 0 aliphatic heterocycles. The molecule has 6 heteroatoms. The van der Waals surface area contributed by atoms with Gasteiger partial charge in [-0.3, -0.25) is 9.78 Å². The summed E-state index contributed by atoms with van der Waals surface area (Å²) in [7, 11) is 1.30. The van der Waals surface area contributed by atoms with Crippen molar-refractivity contribution in [2.45, 2.75) is 20.1 Å². The average Bonchev–Trinajstić information content (AvgIpc) is 2.34. The molecule has 0 amide bonds. The Balaban J connectivity index is 2.75. The number of hydrogen-bond donors (Lipinski definition) is 3. The number of ether oxygens (including phenoxy) is 1. The highest BCUT2D eigenvalue weighted by molar-refractivity contribution is 5.71. The largest absolute Gasteiger partial charge is 0.506 e. The van der Waals surface area contributed by atoms with Gasteiger partial charge in [-0.15, -0.1) is 0 Å². The lowest BCUT2D eigenvalue weighted by atomic mass is 10.1. The number of esters is 1. The first-order valence-corrected chi connectivity index (χ1v) is 5.14. The molecule has 0 radical (unpaired) electrons. The topological polar surface area (TPSA) is 91.7 Å². The molecule has 0 unspecified atom stereocenters. The smallest absolute Gasteiger partial charge is 0.319 e. The number of methoxy groups -OCH3 is 1. The van der Waals surface area contributed by atoms with Gasteiger partial charge in [-0.25, -0.2) is 0 Å². The first-order valence-electron chi connectivity index (χ1n) is 5.14. The lowest BCUT2D eigenvalue weighted by Crippen LogP contribution is -2.24. The molecule has 17 heavy (non-hydrogen) atoms. The van der Waals surface area contributed by atoms with Crippen molar-refractivity contribution < 1.29 is 19.7 Å². The summed E-state index contributed by atoms with van der Waals surface area (Å²) >= 11 is 0. The number of aryl methyl sites for hydroxylation is 1. The first kappa shape index (κ1) is 13.4. The van der Waals surface area contributed by atoms with Gasteiger partial charge in [0.2, 0.25) is 0 Å². The molecule has 1 rings (SSSR count). The van der Waals surface area contributed by atoms with E-state index in [-0.39, 0.29) is 31.4 Å². The third-order valence-electron chi connectivity index (χ3n) is 2.40. The van der Waals surface area contributed by atoms with Gasteiger partial charge in [0.1, 0.15) is 5.75 Å². The molecule has 1 aromatic heterocycles. The van der Waals surface area contributed by atoms with E-state index in [0.717, 1.165) is 0 Å². The lowest BCUT2D eigenvalue weighted by molar-refractivity contribution is -0.139. The zero-order valence-corrected chi connectivity index (χ0v) is 9.86. The molecule has 0 aliphatic carbocycles. The first-order chi connectivity index (χ1) is 8.10. The average molecular weight is 240 g/mol. The summed E-state index contributed by atoms with van der Waals surface area (Å²) in [6.07, 6.45) is 1.50. The number of pyridine rings is 1. The van der Waals surface area contributed by atoms with Crippen LogP contribution in [0.3, 0.4) is 0 Å². The van der Waals surface area contributed by atoms with Crippen molar-refractivity contribution in [2.24, 2.45) is 0 Å². The summed E-state index contributed by atoms with van der Waals surface area (Å²) in [6.45, 7) is 1.76. The van der Waals surface area contributed by atoms with E-state index in [1.165, 1.54) is 13.3 Å². The van der Waals surface area contributed by atoms with Gasteiger partial charge < -0.3 is 20.3 Å². The number of nitrogens with one attached hydrogen (secondary N) is 1. The molecule has 3 N–H and O–H groups in total. The van der Waals surface area contributed by atoms with Crippen LogP contribution in [0.1, 0.15) is 16.8 Å². The van der Waals surface area contributed by atoms with Crippen molar-refractivity contribution >= 4 is 5.97 Å². The van der Waals surface area contributed by atoms with E-state index >= 15 is 0 Å². The number of aromatic nitrogens is 1. The third-order valence-corrected chi connectivity index (χ3v) is 2.40. The second kappa shape index (κ2) is 6.17. The van der Waals surface area contributed by atoms with Gasteiger partial charge in [0.15, 0.2) is 0 Å². The highest BCUT2D eigenvalue weighted by Gasteiger charge is 2.11. The van der Waals surface area contributed by atoms with Gasteiger partial charge in [0.25, 0.3) is 0 Å². The van der Waals surface area contributed by atoms with Gasteiger partial charge in [0.05, 0.1) is 26.0 Å². The minimum absolute atomic E-state index is 0.0360. The number of carbonyl (C=O) groups excluding carboxylic acids is 1. The third kappa shape index (κ3) is 3.40. The molecule has 0 fully saturated rings. The fourth-order valence-electron chi connectivity index (χ4n) is 1.38. The normalized spacial score (nSPS) is 10.3. The van der Waals surface area contributed by atoms with Gasteiger partial charge in [-0.1, -0.05) is 0 Å². The van der Waals surface area contributed by atoms with E-state index < -0.39 is 0 Å². The number of aromatic hydroxyl groups is 1. The van der Waals surface area contributed by atoms with Gasteiger partial charge in [-0.05, 0) is 6.92 Å². The van der Waals surface area contributed by atoms with Crippen LogP contribution in [0.25, 0.3) is 0 Å². The molecular formula is C11H16N2O4. The summed E-state index contributed by atoms with van der Waals surface area (Å²) in [6, 6.07) is 0. The standard InChI is InChI=1S/C11H16N2O4/c1-7-11(16)9(8(6-14)3-13-7)4-12-5-10(15)17-2/h3,12,14,16H,4-6H2,1-2H3. The lowest BCUT2D eigenvalue weighted by Gasteiger charge is -2.11. The predicted molar refractivity (Wildman–Crippen MR) is 60.3 cm³/mol. The van der Waals surface area contributed by atoms with Crippen molar-refractivity contribution in [3.8, 4) is 5.75 Å². The van der Waals surface area contributed by atoms with Crippen LogP contribution >= 0.6 is 0 Å². The Bertz CT molecular complexity index is 407. The van der Waals surface area contributed by atoms with Crippen molar-refractivity contribution in [1.82, 2.24) is 10.3 Å². The van der Waals surface area contributed by atoms with Crippen LogP contribution in [-0.2, 0) is 22.7 Å². The fraction of sp³-hybridized carbons (Fsp3) is 0.455. The number of rotatable bonds is 5. The van der Waals surface area contributed by atoms with Crippen molar-refractivity contribution in [3.63, 3.8) is 0 Å². The van der Waals surface area contributed by atoms with Crippen LogP contribution in [0.5, 0.6) is 5.75 Å². The van der Waals surface area contributed by atoms with E-state index in [2.05, 4.69) is 15.0 Å². The van der Waals surface area contributed by atoms with Crippen molar-refractivity contribution in [1.29, 1.82) is 0 Å². The predicted octanol–water partition coefficient (Wildman–Crippen LogP) is -0.149. The van der Waals surface area contributed by atoms with Crippen molar-refractivity contribution in [3.05, 3.63) is 23.0 Å². The quantitative estimate of drug-likeness (QED) is 0.620. The number of hydrogen-bond acceptors (Lipinski definition) is 6. The Morgan fingerprint density at radius 1 is 1.59 bits per heavy atom. The maximum absolute atomic E-state index is 10.9. The summed E-state index contributed by atoms with van der Waals surface area (Å²) in [5, 5.41) is 21.7. The molecule has 0 saturated carbocycles. The SMILES string of the molecule is COC(=O)CNCc1c(CO)cnc(C)c1O. The summed E-state index contributed by atoms with van der Waals surface area (Å²) in [5.41, 5.74) is 1.56. The highest BCUT2D eigenvalue weighted by Crippen LogP contribution is 2.23. The van der Waals surface area contributed by atoms with Gasteiger partial charge in [-0.2, -0.15) is 0 Å². The van der Waals surface area contributed by atoms with E-state index in [0.29, 0.717) is 16.8 Å². The highest BCUT2D eigenvalue weighted by atomic mass is 16.5. The Labute approximate surface area is 99.3 Å². The fourth-order valence-corrected chi connectivity index (χ4v) is 1.38. The number of nitrogens with zero attached hydrogens (tertiary/aromatic N) is 1. The van der Waals surface area contributed by atoms with E-state index in [1.807, 2.05) is 0 Å². The maximum atomic E-state index is 10.9. The monoisotopic (exact) mass is 240 g/mol. The minimum Gasteiger partial charge on any atom is -0.506 e. The maximum Gasteiger partial charge on any atom is 0.319 e. The Kier molecular flexibility index (Phi) is 4.86. The molecule has 94 valence electrons. The zero-order chi connectivity index (χ0) is 12.8. The van der Waals surface area contributed by atoms with Crippen LogP contribution in [0.4, 0.5) is 0 Å². The second-order valence-corrected chi connectivity index (χ2v) is 3.53. The van der Waals surface area contributed by atoms with Crippen LogP contribution < -0.4 is 5.32 Å². The molecule has 1 heterocycles. The molecule has 0 aromatic carbocycles. The van der Waals surface area contributed by atoms with Crippen LogP contribution in [0.2, 0.25) is 0 Å². The van der Waals surface area contributed by atoms with E-state index in [1.54, 1.807) is 6.92 Å². The van der Waals surface area contributed by atoms with Gasteiger partial charge in [0, 0.05) is 23.9 Å². The molecule has 1 aromatic rings. The number of aliphatic hydroxyl groups excluding tert-OH is 1. The van der Waals surface area contributed by atoms with Crippen molar-refractivity contribution in [2.75, 3.05) is 13.7 Å². The Morgan fingerprint density at radius 2 is 2.29 bits per heavy atom. The Morgan fingerprint density at radius 3 is 2.88 bits per heavy atom. The summed E-state index contributed by atoms with van der Waals surface area (Å²) < 4.78 is 4.47. The van der Waals surface area contributed by atoms with Crippen LogP contribution in [0, 0.1) is 6.92 Å². The minimum atomic E-state index is -0.388. The number of aliphatic hydroxyl groups is 1. The Hall–Kier alpha value is -1.66. The van der Waals surface area contributed by atoms with Crippen LogP contribution in [0.15, 0.2) is 6.20 Å². The molecule has 0 atom stereocenters. The molecule has 0 spiro atoms. The molecule has 0 bridgehead atoms. The second-order valence-electron chi connectivity index (χ2n) is 3.53. The summed E-state index contributed by atoms with van der Waals surface area (Å²) in [5.74, 6) is -0.352.